The maximum atomic E-state index is 11.7. The van der Waals surface area contributed by atoms with Gasteiger partial charge in [-0.1, -0.05) is 0 Å². The van der Waals surface area contributed by atoms with Gasteiger partial charge in [-0.25, -0.2) is 15.0 Å². The molecule has 0 aliphatic rings. The SMILES string of the molecule is CN(CC(=O)NCc1ncc[nH]1)c1ncccn1. The summed E-state index contributed by atoms with van der Waals surface area (Å²) in [5.41, 5.74) is 0. The first-order valence-electron chi connectivity index (χ1n) is 5.49. The Bertz CT molecular complexity index is 483. The molecule has 0 bridgehead atoms. The van der Waals surface area contributed by atoms with Crippen molar-refractivity contribution in [1.29, 1.82) is 0 Å². The molecule has 2 N–H and O–H groups in total. The number of likely N-dealkylation sites (N-methyl/N-ethyl adjacent to an activating group) is 1. The van der Waals surface area contributed by atoms with Crippen LogP contribution in [0.25, 0.3) is 0 Å². The van der Waals surface area contributed by atoms with Crippen LogP contribution < -0.4 is 10.2 Å². The Hall–Kier alpha value is -2.44. The standard InChI is InChI=1S/C11H14N6O/c1-17(11-14-3-2-4-15-11)8-10(18)16-7-9-12-5-6-13-9/h2-6H,7-8H2,1H3,(H,12,13)(H,16,18). The molecule has 7 nitrogen and oxygen atoms in total. The third-order valence-corrected chi connectivity index (χ3v) is 2.28. The Kier molecular flexibility index (Phi) is 3.85. The topological polar surface area (TPSA) is 86.8 Å². The van der Waals surface area contributed by atoms with Crippen molar-refractivity contribution in [2.24, 2.45) is 0 Å². The number of H-pyrrole nitrogens is 1. The molecule has 2 aromatic rings. The summed E-state index contributed by atoms with van der Waals surface area (Å²) in [4.78, 5) is 28.4. The van der Waals surface area contributed by atoms with Crippen LogP contribution in [0.15, 0.2) is 30.9 Å². The maximum Gasteiger partial charge on any atom is 0.239 e. The zero-order valence-electron chi connectivity index (χ0n) is 10.00. The van der Waals surface area contributed by atoms with E-state index in [1.807, 2.05) is 0 Å². The Balaban J connectivity index is 1.80. The first kappa shape index (κ1) is 12.0. The molecule has 0 aromatic carbocycles. The molecule has 1 amide bonds. The Morgan fingerprint density at radius 1 is 1.33 bits per heavy atom. The fourth-order valence-corrected chi connectivity index (χ4v) is 1.41. The second-order valence-electron chi connectivity index (χ2n) is 3.72. The fraction of sp³-hybridized carbons (Fsp3) is 0.273. The van der Waals surface area contributed by atoms with Crippen molar-refractivity contribution in [3.05, 3.63) is 36.7 Å². The van der Waals surface area contributed by atoms with E-state index in [0.29, 0.717) is 12.5 Å². The highest BCUT2D eigenvalue weighted by Gasteiger charge is 2.09. The zero-order valence-corrected chi connectivity index (χ0v) is 10.00. The highest BCUT2D eigenvalue weighted by molar-refractivity contribution is 5.80. The van der Waals surface area contributed by atoms with E-state index in [-0.39, 0.29) is 12.5 Å². The third kappa shape index (κ3) is 3.27. The predicted molar refractivity (Wildman–Crippen MR) is 65.7 cm³/mol. The number of anilines is 1. The van der Waals surface area contributed by atoms with Gasteiger partial charge in [0.1, 0.15) is 5.82 Å². The number of carbonyl (C=O) groups excluding carboxylic acids is 1. The lowest BCUT2D eigenvalue weighted by molar-refractivity contribution is -0.119. The number of rotatable bonds is 5. The van der Waals surface area contributed by atoms with Crippen molar-refractivity contribution in [3.8, 4) is 0 Å². The number of nitrogens with zero attached hydrogens (tertiary/aromatic N) is 4. The van der Waals surface area contributed by atoms with E-state index in [2.05, 4.69) is 25.3 Å². The molecule has 0 atom stereocenters. The molecule has 0 saturated carbocycles. The van der Waals surface area contributed by atoms with E-state index in [0.717, 1.165) is 5.82 Å². The van der Waals surface area contributed by atoms with Gasteiger partial charge in [0, 0.05) is 31.8 Å². The fourth-order valence-electron chi connectivity index (χ4n) is 1.41. The van der Waals surface area contributed by atoms with Gasteiger partial charge in [-0.3, -0.25) is 4.79 Å². The first-order chi connectivity index (χ1) is 8.75. The van der Waals surface area contributed by atoms with Gasteiger partial charge < -0.3 is 15.2 Å². The van der Waals surface area contributed by atoms with Crippen molar-refractivity contribution in [2.75, 3.05) is 18.5 Å². The van der Waals surface area contributed by atoms with Crippen molar-refractivity contribution < 1.29 is 4.79 Å². The minimum absolute atomic E-state index is 0.110. The van der Waals surface area contributed by atoms with E-state index >= 15 is 0 Å². The number of aromatic amines is 1. The first-order valence-corrected chi connectivity index (χ1v) is 5.49. The average Bonchev–Trinajstić information content (AvgIpc) is 2.90. The quantitative estimate of drug-likeness (QED) is 0.772. The monoisotopic (exact) mass is 246 g/mol. The van der Waals surface area contributed by atoms with Crippen LogP contribution in [0.3, 0.4) is 0 Å². The van der Waals surface area contributed by atoms with Crippen LogP contribution >= 0.6 is 0 Å². The molecule has 18 heavy (non-hydrogen) atoms. The average molecular weight is 246 g/mol. The largest absolute Gasteiger partial charge is 0.347 e. The number of hydrogen-bond acceptors (Lipinski definition) is 5. The summed E-state index contributed by atoms with van der Waals surface area (Å²) >= 11 is 0. The normalized spacial score (nSPS) is 10.1. The molecule has 2 heterocycles. The number of hydrogen-bond donors (Lipinski definition) is 2. The molecular weight excluding hydrogens is 232 g/mol. The van der Waals surface area contributed by atoms with Crippen LogP contribution in [0.1, 0.15) is 5.82 Å². The minimum Gasteiger partial charge on any atom is -0.347 e. The van der Waals surface area contributed by atoms with Gasteiger partial charge in [-0.05, 0) is 6.07 Å². The summed E-state index contributed by atoms with van der Waals surface area (Å²) in [5, 5.41) is 2.76. The molecular formula is C11H14N6O. The molecule has 0 fully saturated rings. The lowest BCUT2D eigenvalue weighted by Crippen LogP contribution is -2.35. The van der Waals surface area contributed by atoms with Gasteiger partial charge in [-0.2, -0.15) is 0 Å². The van der Waals surface area contributed by atoms with Crippen molar-refractivity contribution in [2.45, 2.75) is 6.54 Å². The van der Waals surface area contributed by atoms with Gasteiger partial charge in [-0.15, -0.1) is 0 Å². The number of nitrogens with one attached hydrogen (secondary N) is 2. The molecule has 2 rings (SSSR count). The molecule has 0 aliphatic heterocycles. The Morgan fingerprint density at radius 3 is 2.78 bits per heavy atom. The Morgan fingerprint density at radius 2 is 2.11 bits per heavy atom. The molecule has 2 aromatic heterocycles. The highest BCUT2D eigenvalue weighted by atomic mass is 16.2. The maximum absolute atomic E-state index is 11.7. The molecule has 94 valence electrons. The second-order valence-corrected chi connectivity index (χ2v) is 3.72. The van der Waals surface area contributed by atoms with Gasteiger partial charge >= 0.3 is 0 Å². The van der Waals surface area contributed by atoms with Gasteiger partial charge in [0.25, 0.3) is 0 Å². The molecule has 0 radical (unpaired) electrons. The van der Waals surface area contributed by atoms with Crippen LogP contribution in [0.4, 0.5) is 5.95 Å². The van der Waals surface area contributed by atoms with Crippen LogP contribution in [0, 0.1) is 0 Å². The summed E-state index contributed by atoms with van der Waals surface area (Å²) in [5.74, 6) is 1.13. The smallest absolute Gasteiger partial charge is 0.239 e. The van der Waals surface area contributed by atoms with Crippen LogP contribution in [-0.4, -0.2) is 39.4 Å². The summed E-state index contributed by atoms with van der Waals surface area (Å²) < 4.78 is 0. The molecule has 0 saturated heterocycles. The number of aromatic nitrogens is 4. The van der Waals surface area contributed by atoms with E-state index < -0.39 is 0 Å². The summed E-state index contributed by atoms with van der Waals surface area (Å²) in [7, 11) is 1.77. The highest BCUT2D eigenvalue weighted by Crippen LogP contribution is 2.00. The van der Waals surface area contributed by atoms with Crippen molar-refractivity contribution in [3.63, 3.8) is 0 Å². The van der Waals surface area contributed by atoms with Crippen LogP contribution in [-0.2, 0) is 11.3 Å². The zero-order chi connectivity index (χ0) is 12.8. The number of carbonyl (C=O) groups is 1. The summed E-state index contributed by atoms with van der Waals surface area (Å²) in [6.45, 7) is 0.583. The van der Waals surface area contributed by atoms with E-state index in [9.17, 15) is 4.79 Å². The van der Waals surface area contributed by atoms with Crippen molar-refractivity contribution in [1.82, 2.24) is 25.3 Å². The van der Waals surface area contributed by atoms with Crippen molar-refractivity contribution >= 4 is 11.9 Å². The summed E-state index contributed by atoms with van der Waals surface area (Å²) in [6.07, 6.45) is 6.63. The molecule has 0 spiro atoms. The van der Waals surface area contributed by atoms with E-state index in [4.69, 9.17) is 0 Å². The number of amides is 1. The Labute approximate surface area is 104 Å². The third-order valence-electron chi connectivity index (χ3n) is 2.28. The van der Waals surface area contributed by atoms with Crippen LogP contribution in [0.5, 0.6) is 0 Å². The predicted octanol–water partition coefficient (Wildman–Crippen LogP) is -0.0477. The second kappa shape index (κ2) is 5.76. The summed E-state index contributed by atoms with van der Waals surface area (Å²) in [6, 6.07) is 1.73. The number of imidazole rings is 1. The van der Waals surface area contributed by atoms with Crippen LogP contribution in [0.2, 0.25) is 0 Å². The molecule has 0 unspecified atom stereocenters. The minimum atomic E-state index is -0.110. The lowest BCUT2D eigenvalue weighted by atomic mass is 10.5. The molecule has 0 aliphatic carbocycles. The van der Waals surface area contributed by atoms with Gasteiger partial charge in [0.2, 0.25) is 11.9 Å². The van der Waals surface area contributed by atoms with Gasteiger partial charge in [0.05, 0.1) is 13.1 Å². The molecule has 7 heteroatoms. The van der Waals surface area contributed by atoms with Gasteiger partial charge in [0.15, 0.2) is 0 Å². The van der Waals surface area contributed by atoms with E-state index in [1.165, 1.54) is 0 Å². The lowest BCUT2D eigenvalue weighted by Gasteiger charge is -2.15. The van der Waals surface area contributed by atoms with E-state index in [1.54, 1.807) is 42.8 Å².